The van der Waals surface area contributed by atoms with Gasteiger partial charge in [-0.15, -0.1) is 6.58 Å². The fraction of sp³-hybridized carbons (Fsp3) is 0.400. The molecule has 0 aromatic carbocycles. The summed E-state index contributed by atoms with van der Waals surface area (Å²) < 4.78 is 5.37. The van der Waals surface area contributed by atoms with E-state index < -0.39 is 0 Å². The summed E-state index contributed by atoms with van der Waals surface area (Å²) in [7, 11) is 0. The van der Waals surface area contributed by atoms with Crippen LogP contribution in [0.3, 0.4) is 0 Å². The summed E-state index contributed by atoms with van der Waals surface area (Å²) in [5.74, 6) is 0.887. The monoisotopic (exact) mass is 208 g/mol. The molecule has 0 atom stereocenters. The number of rotatable bonds is 6. The van der Waals surface area contributed by atoms with Crippen LogP contribution in [0.2, 0.25) is 0 Å². The van der Waals surface area contributed by atoms with Gasteiger partial charge in [0.2, 0.25) is 11.8 Å². The molecule has 5 nitrogen and oxygen atoms in total. The Bertz CT molecular complexity index is 307. The van der Waals surface area contributed by atoms with Crippen LogP contribution in [0.5, 0.6) is 5.88 Å². The molecule has 15 heavy (non-hydrogen) atoms. The minimum atomic E-state index is 0.135. The lowest BCUT2D eigenvalue weighted by molar-refractivity contribution is 0.296. The first-order valence-corrected chi connectivity index (χ1v) is 4.86. The van der Waals surface area contributed by atoms with Gasteiger partial charge in [0.25, 0.3) is 0 Å². The summed E-state index contributed by atoms with van der Waals surface area (Å²) in [5.41, 5.74) is 10.9. The molecule has 1 rings (SSSR count). The molecule has 4 N–H and O–H groups in total. The maximum atomic E-state index is 5.49. The Morgan fingerprint density at radius 1 is 1.33 bits per heavy atom. The maximum Gasteiger partial charge on any atom is 0.225 e. The van der Waals surface area contributed by atoms with Gasteiger partial charge in [-0.1, -0.05) is 6.08 Å². The van der Waals surface area contributed by atoms with Crippen molar-refractivity contribution in [3.63, 3.8) is 0 Å². The SMILES string of the molecule is C=CCCCCOc1cc(N)nc(N)n1. The molecule has 0 saturated carbocycles. The van der Waals surface area contributed by atoms with Crippen LogP contribution in [-0.4, -0.2) is 16.6 Å². The van der Waals surface area contributed by atoms with Crippen molar-refractivity contribution in [1.29, 1.82) is 0 Å². The fourth-order valence-corrected chi connectivity index (χ4v) is 1.10. The normalized spacial score (nSPS) is 9.87. The highest BCUT2D eigenvalue weighted by molar-refractivity contribution is 5.38. The molecule has 0 aliphatic heterocycles. The number of unbranched alkanes of at least 4 members (excludes halogenated alkanes) is 2. The number of hydrogen-bond donors (Lipinski definition) is 2. The molecule has 0 aliphatic carbocycles. The maximum absolute atomic E-state index is 5.49. The van der Waals surface area contributed by atoms with Crippen LogP contribution in [0.25, 0.3) is 0 Å². The predicted octanol–water partition coefficient (Wildman–Crippen LogP) is 1.38. The van der Waals surface area contributed by atoms with Crippen molar-refractivity contribution in [3.8, 4) is 5.88 Å². The molecule has 0 spiro atoms. The van der Waals surface area contributed by atoms with E-state index in [0.717, 1.165) is 19.3 Å². The van der Waals surface area contributed by atoms with Gasteiger partial charge in [-0.05, 0) is 19.3 Å². The number of aromatic nitrogens is 2. The third kappa shape index (κ3) is 4.30. The molecular formula is C10H16N4O. The van der Waals surface area contributed by atoms with Crippen LogP contribution >= 0.6 is 0 Å². The zero-order chi connectivity index (χ0) is 11.1. The molecule has 1 aromatic heterocycles. The zero-order valence-corrected chi connectivity index (χ0v) is 8.65. The van der Waals surface area contributed by atoms with Crippen molar-refractivity contribution in [2.24, 2.45) is 0 Å². The highest BCUT2D eigenvalue weighted by Gasteiger charge is 1.99. The molecule has 0 amide bonds. The van der Waals surface area contributed by atoms with E-state index in [1.54, 1.807) is 6.07 Å². The third-order valence-corrected chi connectivity index (χ3v) is 1.79. The van der Waals surface area contributed by atoms with Crippen LogP contribution in [-0.2, 0) is 0 Å². The van der Waals surface area contributed by atoms with Crippen LogP contribution in [0.1, 0.15) is 19.3 Å². The number of nitrogens with zero attached hydrogens (tertiary/aromatic N) is 2. The number of nitrogens with two attached hydrogens (primary N) is 2. The van der Waals surface area contributed by atoms with E-state index in [9.17, 15) is 0 Å². The second-order valence-corrected chi connectivity index (χ2v) is 3.12. The van der Waals surface area contributed by atoms with Crippen LogP contribution < -0.4 is 16.2 Å². The Morgan fingerprint density at radius 3 is 2.80 bits per heavy atom. The van der Waals surface area contributed by atoms with Crippen LogP contribution in [0.4, 0.5) is 11.8 Å². The van der Waals surface area contributed by atoms with Gasteiger partial charge in [0.15, 0.2) is 0 Å². The smallest absolute Gasteiger partial charge is 0.225 e. The molecule has 82 valence electrons. The first-order valence-electron chi connectivity index (χ1n) is 4.86. The second kappa shape index (κ2) is 5.85. The average Bonchev–Trinajstić information content (AvgIpc) is 2.16. The molecular weight excluding hydrogens is 192 g/mol. The van der Waals surface area contributed by atoms with Crippen LogP contribution in [0.15, 0.2) is 18.7 Å². The topological polar surface area (TPSA) is 87.0 Å². The summed E-state index contributed by atoms with van der Waals surface area (Å²) >= 11 is 0. The van der Waals surface area contributed by atoms with Gasteiger partial charge in [-0.2, -0.15) is 9.97 Å². The summed E-state index contributed by atoms with van der Waals surface area (Å²) in [6.07, 6.45) is 4.90. The van der Waals surface area contributed by atoms with Crippen LogP contribution in [0, 0.1) is 0 Å². The quantitative estimate of drug-likeness (QED) is 0.544. The Morgan fingerprint density at radius 2 is 2.13 bits per heavy atom. The van der Waals surface area contributed by atoms with E-state index in [1.807, 2.05) is 6.08 Å². The Kier molecular flexibility index (Phi) is 4.40. The van der Waals surface area contributed by atoms with Gasteiger partial charge in [-0.3, -0.25) is 0 Å². The van der Waals surface area contributed by atoms with E-state index in [4.69, 9.17) is 16.2 Å². The summed E-state index contributed by atoms with van der Waals surface area (Å²) in [5, 5.41) is 0. The number of allylic oxidation sites excluding steroid dienone is 1. The standard InChI is InChI=1S/C10H16N4O/c1-2-3-4-5-6-15-9-7-8(11)13-10(12)14-9/h2,7H,1,3-6H2,(H4,11,12,13,14). The highest BCUT2D eigenvalue weighted by atomic mass is 16.5. The summed E-state index contributed by atoms with van der Waals surface area (Å²) in [4.78, 5) is 7.64. The molecule has 1 aromatic rings. The second-order valence-electron chi connectivity index (χ2n) is 3.12. The predicted molar refractivity (Wildman–Crippen MR) is 60.4 cm³/mol. The zero-order valence-electron chi connectivity index (χ0n) is 8.65. The van der Waals surface area contributed by atoms with Gasteiger partial charge in [-0.25, -0.2) is 0 Å². The summed E-state index contributed by atoms with van der Waals surface area (Å²) in [6, 6.07) is 1.56. The number of hydrogen-bond acceptors (Lipinski definition) is 5. The first kappa shape index (κ1) is 11.3. The average molecular weight is 208 g/mol. The highest BCUT2D eigenvalue weighted by Crippen LogP contribution is 2.12. The Hall–Kier alpha value is -1.78. The van der Waals surface area contributed by atoms with Crippen molar-refractivity contribution in [2.45, 2.75) is 19.3 Å². The molecule has 0 bridgehead atoms. The van der Waals surface area contributed by atoms with Crippen molar-refractivity contribution < 1.29 is 4.74 Å². The Balaban J connectivity index is 2.33. The number of ether oxygens (including phenoxy) is 1. The largest absolute Gasteiger partial charge is 0.477 e. The van der Waals surface area contributed by atoms with E-state index in [1.165, 1.54) is 0 Å². The molecule has 0 unspecified atom stereocenters. The molecule has 5 heteroatoms. The lowest BCUT2D eigenvalue weighted by atomic mass is 10.2. The summed E-state index contributed by atoms with van der Waals surface area (Å²) in [6.45, 7) is 4.25. The number of nitrogen functional groups attached to an aromatic ring is 2. The van der Waals surface area contributed by atoms with Gasteiger partial charge in [0, 0.05) is 6.07 Å². The molecule has 0 fully saturated rings. The Labute approximate surface area is 89.2 Å². The van der Waals surface area contributed by atoms with Gasteiger partial charge in [0.1, 0.15) is 5.82 Å². The van der Waals surface area contributed by atoms with E-state index in [-0.39, 0.29) is 5.95 Å². The molecule has 0 aliphatic rings. The third-order valence-electron chi connectivity index (χ3n) is 1.79. The molecule has 0 radical (unpaired) electrons. The lowest BCUT2D eigenvalue weighted by Gasteiger charge is -2.05. The van der Waals surface area contributed by atoms with Crippen molar-refractivity contribution in [1.82, 2.24) is 9.97 Å². The molecule has 0 saturated heterocycles. The fourth-order valence-electron chi connectivity index (χ4n) is 1.10. The van der Waals surface area contributed by atoms with Crippen molar-refractivity contribution in [3.05, 3.63) is 18.7 Å². The number of anilines is 2. The van der Waals surface area contributed by atoms with Gasteiger partial charge >= 0.3 is 0 Å². The first-order chi connectivity index (χ1) is 7.22. The van der Waals surface area contributed by atoms with Crippen molar-refractivity contribution >= 4 is 11.8 Å². The van der Waals surface area contributed by atoms with Gasteiger partial charge in [0.05, 0.1) is 6.61 Å². The van der Waals surface area contributed by atoms with E-state index in [0.29, 0.717) is 18.3 Å². The minimum Gasteiger partial charge on any atom is -0.477 e. The van der Waals surface area contributed by atoms with Gasteiger partial charge < -0.3 is 16.2 Å². The van der Waals surface area contributed by atoms with E-state index in [2.05, 4.69) is 16.5 Å². The minimum absolute atomic E-state index is 0.135. The lowest BCUT2D eigenvalue weighted by Crippen LogP contribution is -2.04. The molecule has 1 heterocycles. The van der Waals surface area contributed by atoms with E-state index >= 15 is 0 Å². The van der Waals surface area contributed by atoms with Crippen molar-refractivity contribution in [2.75, 3.05) is 18.1 Å².